The number of rotatable bonds is 5. The Hall–Kier alpha value is -3.47. The van der Waals surface area contributed by atoms with Crippen molar-refractivity contribution in [2.24, 2.45) is 0 Å². The van der Waals surface area contributed by atoms with Crippen LogP contribution in [0.15, 0.2) is 75.9 Å². The molecule has 1 heterocycles. The summed E-state index contributed by atoms with van der Waals surface area (Å²) >= 11 is 0. The molecule has 27 heavy (non-hydrogen) atoms. The molecule has 3 rings (SSSR count). The first-order valence-electron chi connectivity index (χ1n) is 8.44. The van der Waals surface area contributed by atoms with E-state index >= 15 is 0 Å². The minimum absolute atomic E-state index is 0.149. The van der Waals surface area contributed by atoms with E-state index in [0.717, 1.165) is 0 Å². The zero-order valence-electron chi connectivity index (χ0n) is 15.0. The molecule has 0 unspecified atom stereocenters. The quantitative estimate of drug-likeness (QED) is 0.506. The molecule has 0 spiro atoms. The zero-order chi connectivity index (χ0) is 19.4. The van der Waals surface area contributed by atoms with Crippen LogP contribution in [-0.2, 0) is 4.74 Å². The number of hydrogen-bond acceptors (Lipinski definition) is 5. The van der Waals surface area contributed by atoms with Crippen LogP contribution in [0, 0.1) is 13.8 Å². The summed E-state index contributed by atoms with van der Waals surface area (Å²) < 4.78 is 10.6. The molecular formula is C22H18O5. The largest absolute Gasteiger partial charge is 0.445 e. The molecule has 0 fully saturated rings. The molecule has 0 radical (unpaired) electrons. The van der Waals surface area contributed by atoms with Crippen molar-refractivity contribution in [1.29, 1.82) is 0 Å². The van der Waals surface area contributed by atoms with Crippen LogP contribution in [0.5, 0.6) is 0 Å². The molecule has 5 nitrogen and oxygen atoms in total. The van der Waals surface area contributed by atoms with Crippen molar-refractivity contribution in [3.63, 3.8) is 0 Å². The van der Waals surface area contributed by atoms with E-state index in [2.05, 4.69) is 0 Å². The van der Waals surface area contributed by atoms with Gasteiger partial charge in [0.05, 0.1) is 0 Å². The minimum Gasteiger partial charge on any atom is -0.445 e. The number of carbonyl (C=O) groups is 2. The number of ether oxygens (including phenoxy) is 1. The number of aryl methyl sites for hydroxylation is 2. The first-order chi connectivity index (χ1) is 13.0. The van der Waals surface area contributed by atoms with Crippen LogP contribution in [0.25, 0.3) is 0 Å². The third kappa shape index (κ3) is 4.03. The Morgan fingerprint density at radius 3 is 2.11 bits per heavy atom. The van der Waals surface area contributed by atoms with Crippen molar-refractivity contribution in [3.05, 3.63) is 105 Å². The maximum absolute atomic E-state index is 13.0. The summed E-state index contributed by atoms with van der Waals surface area (Å²) in [5, 5.41) is 0. The van der Waals surface area contributed by atoms with Gasteiger partial charge in [-0.15, -0.1) is 0 Å². The van der Waals surface area contributed by atoms with Gasteiger partial charge in [0.15, 0.2) is 6.10 Å². The van der Waals surface area contributed by atoms with E-state index in [4.69, 9.17) is 9.15 Å². The second-order valence-corrected chi connectivity index (χ2v) is 6.11. The third-order valence-corrected chi connectivity index (χ3v) is 4.16. The highest BCUT2D eigenvalue weighted by atomic mass is 16.5. The van der Waals surface area contributed by atoms with E-state index < -0.39 is 17.7 Å². The first kappa shape index (κ1) is 18.3. The van der Waals surface area contributed by atoms with Gasteiger partial charge in [-0.05, 0) is 19.4 Å². The summed E-state index contributed by atoms with van der Waals surface area (Å²) in [5.41, 5.74) is 1.05. The molecule has 136 valence electrons. The fraction of sp³-hybridized carbons (Fsp3) is 0.136. The molecule has 2 aromatic carbocycles. The summed E-state index contributed by atoms with van der Waals surface area (Å²) in [6, 6.07) is 18.7. The average molecular weight is 362 g/mol. The Morgan fingerprint density at radius 1 is 0.926 bits per heavy atom. The summed E-state index contributed by atoms with van der Waals surface area (Å²) in [5.74, 6) is -0.890. The molecule has 0 bridgehead atoms. The second-order valence-electron chi connectivity index (χ2n) is 6.11. The van der Waals surface area contributed by atoms with E-state index in [1.165, 1.54) is 13.0 Å². The fourth-order valence-corrected chi connectivity index (χ4v) is 2.88. The van der Waals surface area contributed by atoms with Crippen molar-refractivity contribution < 1.29 is 18.7 Å². The fourth-order valence-electron chi connectivity index (χ4n) is 2.88. The Morgan fingerprint density at radius 2 is 1.52 bits per heavy atom. The third-order valence-electron chi connectivity index (χ3n) is 4.16. The minimum atomic E-state index is -1.10. The highest BCUT2D eigenvalue weighted by molar-refractivity contribution is 6.02. The topological polar surface area (TPSA) is 73.6 Å². The normalized spacial score (nSPS) is 11.6. The lowest BCUT2D eigenvalue weighted by atomic mass is 9.99. The van der Waals surface area contributed by atoms with E-state index in [1.807, 2.05) is 6.07 Å². The molecule has 3 aromatic rings. The molecule has 0 saturated carbocycles. The number of carbonyl (C=O) groups excluding carboxylic acids is 2. The number of Topliss-reactive ketones (excluding diaryl/α,β-unsaturated/α-hetero) is 1. The summed E-state index contributed by atoms with van der Waals surface area (Å²) in [6.07, 6.45) is -1.10. The van der Waals surface area contributed by atoms with Gasteiger partial charge in [-0.2, -0.15) is 0 Å². The molecular weight excluding hydrogens is 344 g/mol. The lowest BCUT2D eigenvalue weighted by molar-refractivity contribution is 0.0275. The second kappa shape index (κ2) is 7.83. The Labute approximate surface area is 156 Å². The van der Waals surface area contributed by atoms with Gasteiger partial charge in [-0.3, -0.25) is 4.79 Å². The van der Waals surface area contributed by atoms with Crippen LogP contribution in [0.1, 0.15) is 43.7 Å². The highest BCUT2D eigenvalue weighted by Gasteiger charge is 2.28. The molecule has 0 saturated heterocycles. The molecule has 0 aliphatic rings. The zero-order valence-corrected chi connectivity index (χ0v) is 15.0. The van der Waals surface area contributed by atoms with E-state index in [9.17, 15) is 14.4 Å². The smallest absolute Gasteiger partial charge is 0.342 e. The molecule has 0 aliphatic heterocycles. The SMILES string of the molecule is Cc1cc(=O)oc(C)c1C(=O)O[C@@H](C(=O)c1ccccc1)c1ccccc1. The number of hydrogen-bond donors (Lipinski definition) is 0. The van der Waals surface area contributed by atoms with E-state index in [1.54, 1.807) is 61.5 Å². The number of benzene rings is 2. The van der Waals surface area contributed by atoms with Crippen molar-refractivity contribution in [2.45, 2.75) is 20.0 Å². The maximum atomic E-state index is 13.0. The van der Waals surface area contributed by atoms with E-state index in [0.29, 0.717) is 16.7 Å². The Bertz CT molecular complexity index is 993. The summed E-state index contributed by atoms with van der Waals surface area (Å²) in [4.78, 5) is 37.2. The Balaban J connectivity index is 1.99. The monoisotopic (exact) mass is 362 g/mol. The van der Waals surface area contributed by atoms with Crippen molar-refractivity contribution in [3.8, 4) is 0 Å². The molecule has 1 atom stereocenters. The van der Waals surface area contributed by atoms with Crippen molar-refractivity contribution in [2.75, 3.05) is 0 Å². The summed E-state index contributed by atoms with van der Waals surface area (Å²) in [6.45, 7) is 3.14. The van der Waals surface area contributed by atoms with Gasteiger partial charge in [0.2, 0.25) is 5.78 Å². The molecule has 0 amide bonds. The van der Waals surface area contributed by atoms with Crippen LogP contribution in [0.4, 0.5) is 0 Å². The number of esters is 1. The van der Waals surface area contributed by atoms with Crippen LogP contribution < -0.4 is 5.63 Å². The van der Waals surface area contributed by atoms with Gasteiger partial charge >= 0.3 is 11.6 Å². The first-order valence-corrected chi connectivity index (χ1v) is 8.44. The van der Waals surface area contributed by atoms with Gasteiger partial charge in [0.1, 0.15) is 11.3 Å². The van der Waals surface area contributed by atoms with E-state index in [-0.39, 0.29) is 17.1 Å². The number of ketones is 1. The van der Waals surface area contributed by atoms with Gasteiger partial charge in [0.25, 0.3) is 0 Å². The molecule has 5 heteroatoms. The lowest BCUT2D eigenvalue weighted by Gasteiger charge is -2.18. The van der Waals surface area contributed by atoms with Gasteiger partial charge in [-0.25, -0.2) is 9.59 Å². The van der Waals surface area contributed by atoms with Gasteiger partial charge in [-0.1, -0.05) is 60.7 Å². The molecule has 1 aromatic heterocycles. The average Bonchev–Trinajstić information content (AvgIpc) is 2.66. The van der Waals surface area contributed by atoms with Crippen LogP contribution in [0.3, 0.4) is 0 Å². The predicted octanol–water partition coefficient (Wildman–Crippen LogP) is 4.04. The van der Waals surface area contributed by atoms with Crippen molar-refractivity contribution >= 4 is 11.8 Å². The highest BCUT2D eigenvalue weighted by Crippen LogP contribution is 2.25. The van der Waals surface area contributed by atoms with Crippen molar-refractivity contribution in [1.82, 2.24) is 0 Å². The predicted molar refractivity (Wildman–Crippen MR) is 99.8 cm³/mol. The molecule has 0 N–H and O–H groups in total. The van der Waals surface area contributed by atoms with Gasteiger partial charge < -0.3 is 9.15 Å². The maximum Gasteiger partial charge on any atom is 0.342 e. The van der Waals surface area contributed by atoms with Crippen LogP contribution in [0.2, 0.25) is 0 Å². The van der Waals surface area contributed by atoms with Crippen LogP contribution in [-0.4, -0.2) is 11.8 Å². The Kier molecular flexibility index (Phi) is 5.31. The van der Waals surface area contributed by atoms with Crippen LogP contribution >= 0.6 is 0 Å². The summed E-state index contributed by atoms with van der Waals surface area (Å²) in [7, 11) is 0. The molecule has 0 aliphatic carbocycles. The van der Waals surface area contributed by atoms with Gasteiger partial charge in [0, 0.05) is 17.2 Å². The standard InChI is InChI=1S/C22H18O5/c1-14-13-18(23)26-15(2)19(14)22(25)27-21(17-11-7-4-8-12-17)20(24)16-9-5-3-6-10-16/h3-13,21H,1-2H3/t21-/m1/s1. The lowest BCUT2D eigenvalue weighted by Crippen LogP contribution is -2.22.